The van der Waals surface area contributed by atoms with Crippen LogP contribution in [-0.2, 0) is 0 Å². The Kier molecular flexibility index (Phi) is 3.73. The fourth-order valence-corrected chi connectivity index (χ4v) is 3.78. The Labute approximate surface area is 147 Å². The zero-order valence-electron chi connectivity index (χ0n) is 13.8. The summed E-state index contributed by atoms with van der Waals surface area (Å²) < 4.78 is 16.2. The number of thiophene rings is 1. The number of aromatic amines is 1. The van der Waals surface area contributed by atoms with Crippen molar-refractivity contribution in [3.8, 4) is 22.4 Å². The Hall–Kier alpha value is -2.79. The van der Waals surface area contributed by atoms with Crippen molar-refractivity contribution in [1.82, 2.24) is 9.97 Å². The van der Waals surface area contributed by atoms with E-state index in [1.54, 1.807) is 48.6 Å². The number of rotatable bonds is 2. The maximum atomic E-state index is 15.2. The zero-order chi connectivity index (χ0) is 17.6. The predicted octanol–water partition coefficient (Wildman–Crippen LogP) is 5.07. The molecule has 124 valence electrons. The summed E-state index contributed by atoms with van der Waals surface area (Å²) in [5.74, 6) is -0.434. The van der Waals surface area contributed by atoms with E-state index < -0.39 is 5.82 Å². The van der Waals surface area contributed by atoms with Gasteiger partial charge in [-0.3, -0.25) is 4.79 Å². The molecular weight excluding hydrogens is 335 g/mol. The van der Waals surface area contributed by atoms with E-state index in [2.05, 4.69) is 9.97 Å². The van der Waals surface area contributed by atoms with Crippen LogP contribution in [0.4, 0.5) is 4.39 Å². The van der Waals surface area contributed by atoms with E-state index in [0.717, 1.165) is 21.5 Å². The molecule has 0 bridgehead atoms. The van der Waals surface area contributed by atoms with Gasteiger partial charge in [0.05, 0.1) is 15.9 Å². The van der Waals surface area contributed by atoms with Crippen LogP contribution in [0.25, 0.3) is 32.6 Å². The van der Waals surface area contributed by atoms with E-state index >= 15 is 4.39 Å². The van der Waals surface area contributed by atoms with Crippen LogP contribution in [-0.4, -0.2) is 9.97 Å². The Balaban J connectivity index is 1.91. The normalized spacial score (nSPS) is 11.2. The highest BCUT2D eigenvalue weighted by molar-refractivity contribution is 7.17. The van der Waals surface area contributed by atoms with Crippen molar-refractivity contribution in [2.24, 2.45) is 0 Å². The van der Waals surface area contributed by atoms with Crippen molar-refractivity contribution in [2.75, 3.05) is 0 Å². The lowest BCUT2D eigenvalue weighted by atomic mass is 10.0. The summed E-state index contributed by atoms with van der Waals surface area (Å²) in [5, 5.41) is 2.04. The summed E-state index contributed by atoms with van der Waals surface area (Å²) in [4.78, 5) is 19.5. The zero-order valence-corrected chi connectivity index (χ0v) is 14.6. The standard InChI is InChI=1S/C20H15FN2OS/c1-11-10-25-17-9-8-16(23-19(11)17)15-5-3-4-13(18(15)21)14-7-6-12(2)22-20(14)24/h3-10H,1-2H3,(H,22,24). The van der Waals surface area contributed by atoms with Crippen LogP contribution in [0.2, 0.25) is 0 Å². The van der Waals surface area contributed by atoms with E-state index in [0.29, 0.717) is 16.8 Å². The van der Waals surface area contributed by atoms with Crippen molar-refractivity contribution in [2.45, 2.75) is 13.8 Å². The quantitative estimate of drug-likeness (QED) is 0.548. The molecule has 3 nitrogen and oxygen atoms in total. The van der Waals surface area contributed by atoms with Crippen LogP contribution >= 0.6 is 11.3 Å². The maximum Gasteiger partial charge on any atom is 0.256 e. The minimum absolute atomic E-state index is 0.280. The fraction of sp³-hybridized carbons (Fsp3) is 0.100. The molecule has 0 amide bonds. The summed E-state index contributed by atoms with van der Waals surface area (Å²) in [6.07, 6.45) is 0. The number of fused-ring (bicyclic) bond motifs is 1. The molecule has 0 saturated heterocycles. The molecule has 1 N–H and O–H groups in total. The van der Waals surface area contributed by atoms with Gasteiger partial charge in [-0.25, -0.2) is 9.37 Å². The highest BCUT2D eigenvalue weighted by atomic mass is 32.1. The van der Waals surface area contributed by atoms with Crippen molar-refractivity contribution < 1.29 is 4.39 Å². The first-order valence-electron chi connectivity index (χ1n) is 7.88. The first-order chi connectivity index (χ1) is 12.0. The Bertz CT molecular complexity index is 1160. The molecule has 0 saturated carbocycles. The molecule has 25 heavy (non-hydrogen) atoms. The molecule has 3 heterocycles. The molecule has 0 fully saturated rings. The molecule has 1 aromatic carbocycles. The number of nitrogens with one attached hydrogen (secondary N) is 1. The minimum atomic E-state index is -0.434. The molecule has 4 aromatic rings. The van der Waals surface area contributed by atoms with Crippen molar-refractivity contribution in [1.29, 1.82) is 0 Å². The third kappa shape index (κ3) is 2.66. The highest BCUT2D eigenvalue weighted by Gasteiger charge is 2.15. The van der Waals surface area contributed by atoms with Gasteiger partial charge in [0.25, 0.3) is 5.56 Å². The largest absolute Gasteiger partial charge is 0.326 e. The summed E-state index contributed by atoms with van der Waals surface area (Å²) in [6, 6.07) is 12.3. The fourth-order valence-electron chi connectivity index (χ4n) is 2.90. The molecule has 0 unspecified atom stereocenters. The topological polar surface area (TPSA) is 45.8 Å². The lowest BCUT2D eigenvalue weighted by Crippen LogP contribution is -2.10. The molecule has 0 atom stereocenters. The number of nitrogens with zero attached hydrogens (tertiary/aromatic N) is 1. The molecule has 3 aromatic heterocycles. The van der Waals surface area contributed by atoms with Gasteiger partial charge >= 0.3 is 0 Å². The van der Waals surface area contributed by atoms with Crippen LogP contribution in [0.3, 0.4) is 0 Å². The third-order valence-electron chi connectivity index (χ3n) is 4.21. The number of aromatic nitrogens is 2. The second kappa shape index (κ2) is 5.93. The van der Waals surface area contributed by atoms with Crippen LogP contribution in [0, 0.1) is 19.7 Å². The van der Waals surface area contributed by atoms with E-state index in [9.17, 15) is 4.79 Å². The molecule has 0 aliphatic carbocycles. The van der Waals surface area contributed by atoms with E-state index in [1.807, 2.05) is 24.4 Å². The number of halogens is 1. The first kappa shape index (κ1) is 15.7. The van der Waals surface area contributed by atoms with Gasteiger partial charge in [-0.05, 0) is 55.1 Å². The highest BCUT2D eigenvalue weighted by Crippen LogP contribution is 2.31. The average molecular weight is 350 g/mol. The lowest BCUT2D eigenvalue weighted by Gasteiger charge is -2.08. The average Bonchev–Trinajstić information content (AvgIpc) is 2.96. The van der Waals surface area contributed by atoms with E-state index in [1.165, 1.54) is 0 Å². The summed E-state index contributed by atoms with van der Waals surface area (Å²) in [7, 11) is 0. The van der Waals surface area contributed by atoms with Crippen molar-refractivity contribution in [3.63, 3.8) is 0 Å². The Morgan fingerprint density at radius 1 is 1.00 bits per heavy atom. The number of aryl methyl sites for hydroxylation is 2. The minimum Gasteiger partial charge on any atom is -0.326 e. The van der Waals surface area contributed by atoms with Crippen LogP contribution in [0.5, 0.6) is 0 Å². The number of hydrogen-bond donors (Lipinski definition) is 1. The van der Waals surface area contributed by atoms with Gasteiger partial charge in [-0.15, -0.1) is 11.3 Å². The third-order valence-corrected chi connectivity index (χ3v) is 5.27. The molecule has 0 radical (unpaired) electrons. The number of benzene rings is 1. The molecule has 0 spiro atoms. The van der Waals surface area contributed by atoms with Gasteiger partial charge in [-0.1, -0.05) is 12.1 Å². The van der Waals surface area contributed by atoms with Crippen molar-refractivity contribution in [3.05, 3.63) is 75.3 Å². The molecular formula is C20H15FN2OS. The molecule has 5 heteroatoms. The van der Waals surface area contributed by atoms with Crippen LogP contribution in [0.15, 0.2) is 52.6 Å². The lowest BCUT2D eigenvalue weighted by molar-refractivity contribution is 0.634. The van der Waals surface area contributed by atoms with E-state index in [-0.39, 0.29) is 11.1 Å². The van der Waals surface area contributed by atoms with Crippen LogP contribution < -0.4 is 5.56 Å². The van der Waals surface area contributed by atoms with Gasteiger partial charge in [0.2, 0.25) is 0 Å². The van der Waals surface area contributed by atoms with Gasteiger partial charge in [0, 0.05) is 22.4 Å². The summed E-state index contributed by atoms with van der Waals surface area (Å²) in [5.41, 5.74) is 3.97. The summed E-state index contributed by atoms with van der Waals surface area (Å²) in [6.45, 7) is 3.79. The molecule has 0 aliphatic heterocycles. The Morgan fingerprint density at radius 3 is 2.60 bits per heavy atom. The smallest absolute Gasteiger partial charge is 0.256 e. The second-order valence-corrected chi connectivity index (χ2v) is 6.92. The monoisotopic (exact) mass is 350 g/mol. The first-order valence-corrected chi connectivity index (χ1v) is 8.76. The SMILES string of the molecule is Cc1ccc(-c2cccc(-c3ccc4scc(C)c4n3)c2F)c(=O)[nH]1. The number of H-pyrrole nitrogens is 1. The Morgan fingerprint density at radius 2 is 1.80 bits per heavy atom. The molecule has 4 rings (SSSR count). The summed E-state index contributed by atoms with van der Waals surface area (Å²) >= 11 is 1.62. The molecule has 0 aliphatic rings. The van der Waals surface area contributed by atoms with E-state index in [4.69, 9.17) is 0 Å². The van der Waals surface area contributed by atoms with Gasteiger partial charge in [-0.2, -0.15) is 0 Å². The van der Waals surface area contributed by atoms with Gasteiger partial charge in [0.15, 0.2) is 0 Å². The maximum absolute atomic E-state index is 15.2. The predicted molar refractivity (Wildman–Crippen MR) is 101 cm³/mol. The number of pyridine rings is 2. The van der Waals surface area contributed by atoms with Crippen LogP contribution in [0.1, 0.15) is 11.3 Å². The van der Waals surface area contributed by atoms with Gasteiger partial charge < -0.3 is 4.98 Å². The van der Waals surface area contributed by atoms with Gasteiger partial charge in [0.1, 0.15) is 5.82 Å². The number of hydrogen-bond acceptors (Lipinski definition) is 3. The van der Waals surface area contributed by atoms with Crippen molar-refractivity contribution >= 4 is 21.6 Å². The second-order valence-electron chi connectivity index (χ2n) is 6.01.